The summed E-state index contributed by atoms with van der Waals surface area (Å²) in [6.07, 6.45) is 3.14. The van der Waals surface area contributed by atoms with Crippen molar-refractivity contribution in [2.24, 2.45) is 5.73 Å². The second-order valence-corrected chi connectivity index (χ2v) is 9.19. The summed E-state index contributed by atoms with van der Waals surface area (Å²) in [5, 5.41) is 10.3. The normalized spacial score (nSPS) is 14.1. The number of nitriles is 1. The van der Waals surface area contributed by atoms with Crippen LogP contribution in [0.5, 0.6) is 28.7 Å². The molecule has 39 heavy (non-hydrogen) atoms. The summed E-state index contributed by atoms with van der Waals surface area (Å²) in [6.45, 7) is 2.39. The number of ether oxygens (including phenoxy) is 5. The topological polar surface area (TPSA) is 113 Å². The van der Waals surface area contributed by atoms with Crippen molar-refractivity contribution in [3.8, 4) is 34.8 Å². The third kappa shape index (κ3) is 6.57. The summed E-state index contributed by atoms with van der Waals surface area (Å²) in [5.41, 5.74) is 7.87. The van der Waals surface area contributed by atoms with Crippen LogP contribution in [-0.4, -0.2) is 26.3 Å². The first-order valence-electron chi connectivity index (χ1n) is 12.5. The van der Waals surface area contributed by atoms with Crippen LogP contribution in [0.15, 0.2) is 72.1 Å². The Balaban J connectivity index is 1.55. The molecular weight excluding hydrogens is 520 g/mol. The van der Waals surface area contributed by atoms with Gasteiger partial charge in [0, 0.05) is 11.6 Å². The molecule has 0 fully saturated rings. The molecule has 4 rings (SSSR count). The van der Waals surface area contributed by atoms with Gasteiger partial charge in [0.25, 0.3) is 0 Å². The number of rotatable bonds is 11. The van der Waals surface area contributed by atoms with E-state index in [0.717, 1.165) is 24.8 Å². The van der Waals surface area contributed by atoms with Crippen molar-refractivity contribution in [3.05, 3.63) is 88.3 Å². The third-order valence-electron chi connectivity index (χ3n) is 6.13. The van der Waals surface area contributed by atoms with E-state index in [1.54, 1.807) is 49.6 Å². The molecule has 0 bridgehead atoms. The Hall–Kier alpha value is -4.35. The molecular formula is C30H29ClN2O6. The van der Waals surface area contributed by atoms with Gasteiger partial charge in [-0.05, 0) is 42.3 Å². The van der Waals surface area contributed by atoms with Crippen LogP contribution in [0.1, 0.15) is 43.2 Å². The van der Waals surface area contributed by atoms with Crippen LogP contribution >= 0.6 is 11.6 Å². The number of para-hydroxylation sites is 1. The van der Waals surface area contributed by atoms with E-state index in [9.17, 15) is 10.1 Å². The predicted molar refractivity (Wildman–Crippen MR) is 146 cm³/mol. The predicted octanol–water partition coefficient (Wildman–Crippen LogP) is 6.12. The summed E-state index contributed by atoms with van der Waals surface area (Å²) in [6, 6.07) is 19.5. The fourth-order valence-electron chi connectivity index (χ4n) is 4.22. The number of carbonyl (C=O) groups excluding carboxylic acids is 1. The Morgan fingerprint density at radius 3 is 2.62 bits per heavy atom. The van der Waals surface area contributed by atoms with Crippen LogP contribution in [0, 0.1) is 11.3 Å². The fourth-order valence-corrected chi connectivity index (χ4v) is 4.41. The summed E-state index contributed by atoms with van der Waals surface area (Å²) >= 11 is 6.06. The lowest BCUT2D eigenvalue weighted by molar-refractivity contribution is -0.136. The van der Waals surface area contributed by atoms with Crippen molar-refractivity contribution in [3.63, 3.8) is 0 Å². The molecule has 0 saturated carbocycles. The first kappa shape index (κ1) is 27.7. The molecule has 0 spiro atoms. The second-order valence-electron chi connectivity index (χ2n) is 8.78. The number of esters is 1. The Kier molecular flexibility index (Phi) is 9.18. The van der Waals surface area contributed by atoms with Crippen molar-refractivity contribution in [2.45, 2.75) is 32.1 Å². The largest absolute Gasteiger partial charge is 0.493 e. The minimum Gasteiger partial charge on any atom is -0.493 e. The molecule has 3 aromatic carbocycles. The molecule has 0 radical (unpaired) electrons. The number of carbonyl (C=O) groups is 1. The quantitative estimate of drug-likeness (QED) is 0.173. The van der Waals surface area contributed by atoms with E-state index in [4.69, 9.17) is 41.0 Å². The minimum absolute atomic E-state index is 0.0283. The Bertz CT molecular complexity index is 1410. The van der Waals surface area contributed by atoms with Crippen molar-refractivity contribution in [1.82, 2.24) is 0 Å². The van der Waals surface area contributed by atoms with Crippen molar-refractivity contribution < 1.29 is 28.5 Å². The van der Waals surface area contributed by atoms with Gasteiger partial charge in [0.2, 0.25) is 5.88 Å². The smallest absolute Gasteiger partial charge is 0.349 e. The summed E-state index contributed by atoms with van der Waals surface area (Å²) in [5.74, 6) is 0.993. The van der Waals surface area contributed by atoms with E-state index < -0.39 is 11.9 Å². The van der Waals surface area contributed by atoms with Gasteiger partial charge in [-0.2, -0.15) is 5.26 Å². The van der Waals surface area contributed by atoms with Gasteiger partial charge in [-0.1, -0.05) is 55.6 Å². The number of nitrogens with two attached hydrogens (primary N) is 1. The van der Waals surface area contributed by atoms with E-state index >= 15 is 0 Å². The maximum Gasteiger partial charge on any atom is 0.349 e. The molecule has 1 aliphatic rings. The molecule has 202 valence electrons. The van der Waals surface area contributed by atoms with Crippen molar-refractivity contribution in [2.75, 3.05) is 20.3 Å². The van der Waals surface area contributed by atoms with Crippen LogP contribution in [0.2, 0.25) is 5.02 Å². The standard InChI is InChI=1S/C30H29ClN2O6/c1-3-4-7-14-36-25-13-10-19(15-27(25)35-2)29-21-12-11-20(16-26(21)39-30(33)22(29)17-32)38-28(34)18-37-24-9-6-5-8-23(24)31/h5-6,8-13,15-16,29H,3-4,7,14,18,33H2,1-2H3. The molecule has 0 amide bonds. The fraction of sp³-hybridized carbons (Fsp3) is 0.267. The van der Waals surface area contributed by atoms with Crippen LogP contribution in [0.4, 0.5) is 0 Å². The highest BCUT2D eigenvalue weighted by Gasteiger charge is 2.31. The molecule has 1 aliphatic heterocycles. The second kappa shape index (κ2) is 12.9. The van der Waals surface area contributed by atoms with E-state index in [-0.39, 0.29) is 23.8 Å². The van der Waals surface area contributed by atoms with Gasteiger partial charge in [-0.15, -0.1) is 0 Å². The number of unbranched alkanes of at least 4 members (excludes halogenated alkanes) is 2. The summed E-state index contributed by atoms with van der Waals surface area (Å²) in [7, 11) is 1.57. The van der Waals surface area contributed by atoms with Gasteiger partial charge in [0.1, 0.15) is 28.9 Å². The summed E-state index contributed by atoms with van der Waals surface area (Å²) < 4.78 is 28.1. The zero-order valence-electron chi connectivity index (χ0n) is 21.7. The van der Waals surface area contributed by atoms with Gasteiger partial charge in [0.15, 0.2) is 18.1 Å². The average molecular weight is 549 g/mol. The zero-order chi connectivity index (χ0) is 27.8. The molecule has 0 saturated heterocycles. The maximum atomic E-state index is 12.4. The monoisotopic (exact) mass is 548 g/mol. The highest BCUT2D eigenvalue weighted by molar-refractivity contribution is 6.32. The number of methoxy groups -OCH3 is 1. The van der Waals surface area contributed by atoms with E-state index in [1.165, 1.54) is 0 Å². The van der Waals surface area contributed by atoms with Crippen LogP contribution in [-0.2, 0) is 4.79 Å². The number of nitrogens with zero attached hydrogens (tertiary/aromatic N) is 1. The molecule has 1 heterocycles. The van der Waals surface area contributed by atoms with Crippen LogP contribution in [0.3, 0.4) is 0 Å². The lowest BCUT2D eigenvalue weighted by Gasteiger charge is -2.27. The van der Waals surface area contributed by atoms with Gasteiger partial charge in [-0.3, -0.25) is 0 Å². The molecule has 1 unspecified atom stereocenters. The lowest BCUT2D eigenvalue weighted by Crippen LogP contribution is -2.22. The lowest BCUT2D eigenvalue weighted by atomic mass is 9.83. The maximum absolute atomic E-state index is 12.4. The van der Waals surface area contributed by atoms with E-state index in [0.29, 0.717) is 40.2 Å². The SMILES string of the molecule is CCCCCOc1ccc(C2C(C#N)=C(N)Oc3cc(OC(=O)COc4ccccc4Cl)ccc32)cc1OC. The van der Waals surface area contributed by atoms with E-state index in [1.807, 2.05) is 18.2 Å². The van der Waals surface area contributed by atoms with Crippen LogP contribution in [0.25, 0.3) is 0 Å². The number of hydrogen-bond donors (Lipinski definition) is 1. The molecule has 9 heteroatoms. The zero-order valence-corrected chi connectivity index (χ0v) is 22.5. The van der Waals surface area contributed by atoms with E-state index in [2.05, 4.69) is 13.0 Å². The number of benzene rings is 3. The molecule has 0 aromatic heterocycles. The van der Waals surface area contributed by atoms with Gasteiger partial charge < -0.3 is 29.4 Å². The molecule has 2 N–H and O–H groups in total. The van der Waals surface area contributed by atoms with Gasteiger partial charge >= 0.3 is 5.97 Å². The Labute approximate surface area is 232 Å². The third-order valence-corrected chi connectivity index (χ3v) is 6.44. The van der Waals surface area contributed by atoms with Crippen LogP contribution < -0.4 is 29.4 Å². The highest BCUT2D eigenvalue weighted by atomic mass is 35.5. The highest BCUT2D eigenvalue weighted by Crippen LogP contribution is 2.45. The van der Waals surface area contributed by atoms with Crippen molar-refractivity contribution >= 4 is 17.6 Å². The first-order valence-corrected chi connectivity index (χ1v) is 12.9. The number of allylic oxidation sites excluding steroid dienone is 1. The molecule has 3 aromatic rings. The molecule has 0 aliphatic carbocycles. The number of hydrogen-bond acceptors (Lipinski definition) is 8. The molecule has 8 nitrogen and oxygen atoms in total. The average Bonchev–Trinajstić information content (AvgIpc) is 2.94. The Morgan fingerprint density at radius 1 is 1.05 bits per heavy atom. The number of fused-ring (bicyclic) bond motifs is 1. The first-order chi connectivity index (χ1) is 18.9. The number of halogens is 1. The molecule has 1 atom stereocenters. The Morgan fingerprint density at radius 2 is 1.87 bits per heavy atom. The van der Waals surface area contributed by atoms with Crippen molar-refractivity contribution in [1.29, 1.82) is 5.26 Å². The van der Waals surface area contributed by atoms with Gasteiger partial charge in [-0.25, -0.2) is 4.79 Å². The summed E-state index contributed by atoms with van der Waals surface area (Å²) in [4.78, 5) is 12.4. The van der Waals surface area contributed by atoms with Gasteiger partial charge in [0.05, 0.1) is 24.7 Å². The minimum atomic E-state index is -0.622.